The van der Waals surface area contributed by atoms with E-state index in [-0.39, 0.29) is 17.9 Å². The predicted octanol–water partition coefficient (Wildman–Crippen LogP) is -0.264. The highest BCUT2D eigenvalue weighted by molar-refractivity contribution is 7.09. The first kappa shape index (κ1) is 14.2. The summed E-state index contributed by atoms with van der Waals surface area (Å²) in [6.07, 6.45) is -0.186. The lowest BCUT2D eigenvalue weighted by atomic mass is 10.0. The fourth-order valence-corrected chi connectivity index (χ4v) is 4.50. The van der Waals surface area contributed by atoms with Crippen molar-refractivity contribution in [3.63, 3.8) is 0 Å². The van der Waals surface area contributed by atoms with Gasteiger partial charge in [-0.15, -0.1) is 11.3 Å². The minimum atomic E-state index is -0.568. The molecule has 6 nitrogen and oxygen atoms in total. The van der Waals surface area contributed by atoms with E-state index in [0.29, 0.717) is 26.1 Å². The molecule has 0 aromatic carbocycles. The zero-order chi connectivity index (χ0) is 15.3. The quantitative estimate of drug-likeness (QED) is 0.815. The number of carbonyl (C=O) groups is 2. The van der Waals surface area contributed by atoms with Gasteiger partial charge in [-0.1, -0.05) is 6.07 Å². The molecule has 3 aliphatic heterocycles. The molecule has 7 heteroatoms. The summed E-state index contributed by atoms with van der Waals surface area (Å²) in [6, 6.07) is 3.30. The van der Waals surface area contributed by atoms with Gasteiger partial charge in [0.2, 0.25) is 11.8 Å². The first-order valence-corrected chi connectivity index (χ1v) is 8.55. The molecule has 1 N–H and O–H groups in total. The summed E-state index contributed by atoms with van der Waals surface area (Å²) in [5, 5.41) is 11.8. The van der Waals surface area contributed by atoms with Crippen LogP contribution in [0.1, 0.15) is 11.3 Å². The number of nitrogens with zero attached hydrogens (tertiary/aromatic N) is 3. The van der Waals surface area contributed by atoms with E-state index in [1.165, 1.54) is 4.88 Å². The molecule has 4 rings (SSSR count). The number of rotatable bonds is 2. The smallest absolute Gasteiger partial charge is 0.247 e. The van der Waals surface area contributed by atoms with Gasteiger partial charge in [0.25, 0.3) is 0 Å². The molecule has 1 aromatic heterocycles. The van der Waals surface area contributed by atoms with E-state index < -0.39 is 12.1 Å². The maximum Gasteiger partial charge on any atom is 0.247 e. The Labute approximate surface area is 132 Å². The first-order chi connectivity index (χ1) is 10.6. The second-order valence-corrected chi connectivity index (χ2v) is 7.29. The molecule has 2 amide bonds. The van der Waals surface area contributed by atoms with Crippen LogP contribution in [0, 0.1) is 0 Å². The van der Waals surface area contributed by atoms with Crippen LogP contribution < -0.4 is 0 Å². The lowest BCUT2D eigenvalue weighted by Gasteiger charge is -2.47. The molecule has 3 atom stereocenters. The van der Waals surface area contributed by atoms with Crippen LogP contribution in [0.4, 0.5) is 0 Å². The molecular weight excluding hydrogens is 302 g/mol. The van der Waals surface area contributed by atoms with Gasteiger partial charge in [-0.3, -0.25) is 14.5 Å². The number of aliphatic hydroxyl groups excluding tert-OH is 1. The average Bonchev–Trinajstić information content (AvgIpc) is 3.14. The number of carbonyl (C=O) groups excluding carboxylic acids is 2. The summed E-state index contributed by atoms with van der Waals surface area (Å²) >= 11 is 1.71. The van der Waals surface area contributed by atoms with Gasteiger partial charge in [-0.05, 0) is 11.4 Å². The zero-order valence-corrected chi connectivity index (χ0v) is 13.0. The Bertz CT molecular complexity index is 591. The monoisotopic (exact) mass is 321 g/mol. The van der Waals surface area contributed by atoms with Crippen LogP contribution >= 0.6 is 11.3 Å². The number of aliphatic hydroxyl groups is 1. The van der Waals surface area contributed by atoms with Gasteiger partial charge in [0, 0.05) is 44.0 Å². The van der Waals surface area contributed by atoms with Gasteiger partial charge in [0.05, 0.1) is 6.10 Å². The van der Waals surface area contributed by atoms with Gasteiger partial charge in [0.15, 0.2) is 0 Å². The highest BCUT2D eigenvalue weighted by Gasteiger charge is 2.51. The van der Waals surface area contributed by atoms with Crippen LogP contribution in [0.15, 0.2) is 17.5 Å². The van der Waals surface area contributed by atoms with Crippen molar-refractivity contribution in [2.75, 3.05) is 26.2 Å². The molecule has 0 radical (unpaired) electrons. The predicted molar refractivity (Wildman–Crippen MR) is 81.2 cm³/mol. The van der Waals surface area contributed by atoms with Crippen molar-refractivity contribution < 1.29 is 14.7 Å². The van der Waals surface area contributed by atoms with Crippen molar-refractivity contribution in [1.29, 1.82) is 0 Å². The van der Waals surface area contributed by atoms with Gasteiger partial charge in [-0.25, -0.2) is 0 Å². The van der Waals surface area contributed by atoms with Crippen LogP contribution in [0.3, 0.4) is 0 Å². The molecule has 22 heavy (non-hydrogen) atoms. The Morgan fingerprint density at radius 1 is 1.14 bits per heavy atom. The second kappa shape index (κ2) is 5.33. The van der Waals surface area contributed by atoms with Crippen LogP contribution in [0.25, 0.3) is 0 Å². The van der Waals surface area contributed by atoms with E-state index in [1.807, 2.05) is 6.07 Å². The maximum absolute atomic E-state index is 12.7. The molecule has 0 spiro atoms. The fraction of sp³-hybridized carbons (Fsp3) is 0.600. The van der Waals surface area contributed by atoms with Crippen LogP contribution in [0.2, 0.25) is 0 Å². The van der Waals surface area contributed by atoms with Gasteiger partial charge in [-0.2, -0.15) is 0 Å². The number of hydrogen-bond acceptors (Lipinski definition) is 5. The number of piperazine rings is 2. The first-order valence-electron chi connectivity index (χ1n) is 7.67. The summed E-state index contributed by atoms with van der Waals surface area (Å²) in [6.45, 7) is 3.10. The van der Waals surface area contributed by atoms with E-state index in [1.54, 1.807) is 21.1 Å². The topological polar surface area (TPSA) is 64.1 Å². The standard InChI is InChI=1S/C15H19N3O3S/c19-10-6-12-14(20)17-4-3-16(8-11-2-1-5-22-11)9-13(17)15(21)18(12)7-10/h1-2,5,10,12-13,19H,3-4,6-9H2/t10-,12+,13-/m1/s1. The summed E-state index contributed by atoms with van der Waals surface area (Å²) in [5.41, 5.74) is 0. The van der Waals surface area contributed by atoms with E-state index in [9.17, 15) is 14.7 Å². The molecule has 4 heterocycles. The molecule has 1 aromatic rings. The molecule has 118 valence electrons. The van der Waals surface area contributed by atoms with Gasteiger partial charge in [0.1, 0.15) is 12.1 Å². The van der Waals surface area contributed by atoms with Crippen molar-refractivity contribution in [2.24, 2.45) is 0 Å². The zero-order valence-electron chi connectivity index (χ0n) is 12.2. The van der Waals surface area contributed by atoms with Gasteiger partial charge >= 0.3 is 0 Å². The van der Waals surface area contributed by atoms with Gasteiger partial charge < -0.3 is 14.9 Å². The molecule has 0 saturated carbocycles. The third-order valence-electron chi connectivity index (χ3n) is 4.84. The van der Waals surface area contributed by atoms with Crippen molar-refractivity contribution in [2.45, 2.75) is 31.2 Å². The Morgan fingerprint density at radius 3 is 2.73 bits per heavy atom. The molecule has 3 aliphatic rings. The molecular formula is C15H19N3O3S. The van der Waals surface area contributed by atoms with Crippen molar-refractivity contribution in [3.8, 4) is 0 Å². The molecule has 0 unspecified atom stereocenters. The fourth-order valence-electron chi connectivity index (χ4n) is 3.76. The summed E-state index contributed by atoms with van der Waals surface area (Å²) in [7, 11) is 0. The third-order valence-corrected chi connectivity index (χ3v) is 5.70. The Morgan fingerprint density at radius 2 is 1.95 bits per heavy atom. The highest BCUT2D eigenvalue weighted by atomic mass is 32.1. The Balaban J connectivity index is 1.51. The van der Waals surface area contributed by atoms with E-state index in [4.69, 9.17) is 0 Å². The molecule has 0 bridgehead atoms. The van der Waals surface area contributed by atoms with E-state index in [0.717, 1.165) is 13.1 Å². The minimum Gasteiger partial charge on any atom is -0.391 e. The van der Waals surface area contributed by atoms with Crippen LogP contribution in [-0.4, -0.2) is 76.0 Å². The highest BCUT2D eigenvalue weighted by Crippen LogP contribution is 2.29. The van der Waals surface area contributed by atoms with E-state index in [2.05, 4.69) is 16.3 Å². The Hall–Kier alpha value is -1.44. The summed E-state index contributed by atoms with van der Waals surface area (Å²) < 4.78 is 0. The minimum absolute atomic E-state index is 0.00275. The lowest BCUT2D eigenvalue weighted by Crippen LogP contribution is -2.68. The number of thiophene rings is 1. The summed E-state index contributed by atoms with van der Waals surface area (Å²) in [5.74, 6) is 0.00829. The Kier molecular flexibility index (Phi) is 3.43. The maximum atomic E-state index is 12.7. The van der Waals surface area contributed by atoms with Crippen LogP contribution in [0.5, 0.6) is 0 Å². The van der Waals surface area contributed by atoms with Crippen molar-refractivity contribution in [1.82, 2.24) is 14.7 Å². The largest absolute Gasteiger partial charge is 0.391 e. The average molecular weight is 321 g/mol. The van der Waals surface area contributed by atoms with Crippen molar-refractivity contribution in [3.05, 3.63) is 22.4 Å². The number of amides is 2. The number of fused-ring (bicyclic) bond motifs is 2. The molecule has 3 saturated heterocycles. The van der Waals surface area contributed by atoms with Crippen LogP contribution in [-0.2, 0) is 16.1 Å². The SMILES string of the molecule is O=C1[C@@H]2C[C@@H](O)CN2C(=O)[C@H]2CN(Cc3cccs3)CCN12. The van der Waals surface area contributed by atoms with E-state index >= 15 is 0 Å². The normalized spacial score (nSPS) is 32.3. The molecule has 3 fully saturated rings. The second-order valence-electron chi connectivity index (χ2n) is 6.26. The third kappa shape index (κ3) is 2.24. The molecule has 0 aliphatic carbocycles. The summed E-state index contributed by atoms with van der Waals surface area (Å²) in [4.78, 5) is 32.1. The van der Waals surface area contributed by atoms with Crippen molar-refractivity contribution >= 4 is 23.2 Å². The lowest BCUT2D eigenvalue weighted by molar-refractivity contribution is -0.163. The number of hydrogen-bond donors (Lipinski definition) is 1.